The number of benzene rings is 2. The van der Waals surface area contributed by atoms with E-state index in [1.807, 2.05) is 13.0 Å². The van der Waals surface area contributed by atoms with Gasteiger partial charge in [0.1, 0.15) is 0 Å². The molecule has 0 spiro atoms. The van der Waals surface area contributed by atoms with E-state index < -0.39 is 10.0 Å². The summed E-state index contributed by atoms with van der Waals surface area (Å²) in [5.41, 5.74) is 3.09. The molecule has 2 aromatic carbocycles. The zero-order chi connectivity index (χ0) is 23.1. The third kappa shape index (κ3) is 6.09. The monoisotopic (exact) mass is 458 g/mol. The number of rotatable bonds is 9. The molecule has 3 rings (SSSR count). The molecule has 0 aromatic heterocycles. The fourth-order valence-corrected chi connectivity index (χ4v) is 5.05. The number of hydrogen-bond donors (Lipinski definition) is 2. The van der Waals surface area contributed by atoms with Crippen LogP contribution in [0.15, 0.2) is 47.4 Å². The molecule has 0 aliphatic carbocycles. The van der Waals surface area contributed by atoms with Gasteiger partial charge in [0.25, 0.3) is 5.91 Å². The Bertz CT molecular complexity index is 1020. The van der Waals surface area contributed by atoms with Gasteiger partial charge >= 0.3 is 0 Å². The number of carbonyl (C=O) groups excluding carboxylic acids is 1. The van der Waals surface area contributed by atoms with Crippen LogP contribution in [-0.2, 0) is 10.0 Å². The minimum Gasteiger partial charge on any atom is -0.369 e. The molecule has 1 saturated heterocycles. The van der Waals surface area contributed by atoms with Crippen LogP contribution in [0.1, 0.15) is 34.3 Å². The summed E-state index contributed by atoms with van der Waals surface area (Å²) < 4.78 is 26.8. The zero-order valence-electron chi connectivity index (χ0n) is 19.2. The first kappa shape index (κ1) is 24.2. The molecule has 174 valence electrons. The van der Waals surface area contributed by atoms with Crippen LogP contribution in [0.4, 0.5) is 5.69 Å². The number of piperazine rings is 1. The summed E-state index contributed by atoms with van der Waals surface area (Å²) >= 11 is 0. The van der Waals surface area contributed by atoms with Crippen LogP contribution >= 0.6 is 0 Å². The summed E-state index contributed by atoms with van der Waals surface area (Å²) in [6.07, 6.45) is 1.90. The lowest BCUT2D eigenvalue weighted by atomic mass is 10.1. The molecule has 2 aromatic rings. The number of carbonyl (C=O) groups is 1. The van der Waals surface area contributed by atoms with Crippen molar-refractivity contribution in [3.8, 4) is 0 Å². The van der Waals surface area contributed by atoms with E-state index in [2.05, 4.69) is 44.1 Å². The molecule has 32 heavy (non-hydrogen) atoms. The van der Waals surface area contributed by atoms with Crippen molar-refractivity contribution < 1.29 is 13.2 Å². The summed E-state index contributed by atoms with van der Waals surface area (Å²) in [5, 5.41) is 2.93. The quantitative estimate of drug-likeness (QED) is 0.565. The standard InChI is InChI=1S/C24H34N4O3S/c1-19-17-21(18-23(20(19)2)32(30,31)25-3)24(29)26-11-7-8-12-27-13-15-28(16-14-27)22-9-5-4-6-10-22/h4-6,9-10,17-18,25H,7-8,11-16H2,1-3H3,(H,26,29). The maximum atomic E-state index is 12.6. The molecule has 0 unspecified atom stereocenters. The molecule has 1 aliphatic heterocycles. The lowest BCUT2D eigenvalue weighted by Crippen LogP contribution is -2.46. The van der Waals surface area contributed by atoms with Crippen molar-refractivity contribution in [3.63, 3.8) is 0 Å². The lowest BCUT2D eigenvalue weighted by molar-refractivity contribution is 0.0952. The highest BCUT2D eigenvalue weighted by Gasteiger charge is 2.19. The minimum absolute atomic E-state index is 0.153. The molecule has 2 N–H and O–H groups in total. The number of hydrogen-bond acceptors (Lipinski definition) is 5. The smallest absolute Gasteiger partial charge is 0.251 e. The van der Waals surface area contributed by atoms with Crippen LogP contribution in [-0.4, -0.2) is 65.5 Å². The highest BCUT2D eigenvalue weighted by molar-refractivity contribution is 7.89. The minimum atomic E-state index is -3.61. The SMILES string of the molecule is CNS(=O)(=O)c1cc(C(=O)NCCCCN2CCN(c3ccccc3)CC2)cc(C)c1C. The predicted octanol–water partition coefficient (Wildman–Crippen LogP) is 2.54. The second-order valence-corrected chi connectivity index (χ2v) is 10.1. The largest absolute Gasteiger partial charge is 0.369 e. The molecule has 0 bridgehead atoms. The van der Waals surface area contributed by atoms with E-state index in [0.29, 0.717) is 17.7 Å². The second-order valence-electron chi connectivity index (χ2n) is 8.25. The topological polar surface area (TPSA) is 81.7 Å². The Kier molecular flexibility index (Phi) is 8.28. The molecule has 1 heterocycles. The average molecular weight is 459 g/mol. The highest BCUT2D eigenvalue weighted by Crippen LogP contribution is 2.21. The van der Waals surface area contributed by atoms with Crippen molar-refractivity contribution in [2.75, 3.05) is 51.2 Å². The first-order valence-electron chi connectivity index (χ1n) is 11.2. The molecule has 0 radical (unpaired) electrons. The van der Waals surface area contributed by atoms with Crippen LogP contribution in [0.25, 0.3) is 0 Å². The van der Waals surface area contributed by atoms with Gasteiger partial charge in [-0.3, -0.25) is 9.69 Å². The number of aryl methyl sites for hydroxylation is 1. The van der Waals surface area contributed by atoms with Gasteiger partial charge in [-0.2, -0.15) is 0 Å². The van der Waals surface area contributed by atoms with Crippen molar-refractivity contribution in [2.45, 2.75) is 31.6 Å². The number of nitrogens with one attached hydrogen (secondary N) is 2. The van der Waals surface area contributed by atoms with Gasteiger partial charge in [0.15, 0.2) is 0 Å². The number of amides is 1. The zero-order valence-corrected chi connectivity index (χ0v) is 20.0. The van der Waals surface area contributed by atoms with Crippen LogP contribution in [0.2, 0.25) is 0 Å². The van der Waals surface area contributed by atoms with Crippen LogP contribution in [0.3, 0.4) is 0 Å². The van der Waals surface area contributed by atoms with E-state index in [1.54, 1.807) is 13.0 Å². The molecular formula is C24H34N4O3S. The molecule has 8 heteroatoms. The molecular weight excluding hydrogens is 424 g/mol. The average Bonchev–Trinajstić information content (AvgIpc) is 2.81. The molecule has 1 fully saturated rings. The normalized spacial score (nSPS) is 15.0. The Morgan fingerprint density at radius 3 is 2.34 bits per heavy atom. The maximum absolute atomic E-state index is 12.6. The first-order chi connectivity index (χ1) is 15.3. The van der Waals surface area contributed by atoms with Gasteiger partial charge in [-0.05, 0) is 75.7 Å². The van der Waals surface area contributed by atoms with Crippen molar-refractivity contribution >= 4 is 21.6 Å². The fourth-order valence-electron chi connectivity index (χ4n) is 3.98. The van der Waals surface area contributed by atoms with E-state index in [9.17, 15) is 13.2 Å². The Morgan fingerprint density at radius 2 is 1.69 bits per heavy atom. The number of sulfonamides is 1. The Morgan fingerprint density at radius 1 is 1.00 bits per heavy atom. The van der Waals surface area contributed by atoms with Gasteiger partial charge in [-0.25, -0.2) is 13.1 Å². The van der Waals surface area contributed by atoms with E-state index >= 15 is 0 Å². The van der Waals surface area contributed by atoms with Crippen molar-refractivity contribution in [3.05, 3.63) is 59.2 Å². The summed E-state index contributed by atoms with van der Waals surface area (Å²) in [5.74, 6) is -0.239. The van der Waals surface area contributed by atoms with E-state index in [1.165, 1.54) is 18.8 Å². The number of nitrogens with zero attached hydrogens (tertiary/aromatic N) is 2. The van der Waals surface area contributed by atoms with Crippen molar-refractivity contribution in [2.24, 2.45) is 0 Å². The summed E-state index contributed by atoms with van der Waals surface area (Å²) in [6, 6.07) is 13.7. The van der Waals surface area contributed by atoms with Crippen LogP contribution < -0.4 is 14.9 Å². The second kappa shape index (κ2) is 10.9. The lowest BCUT2D eigenvalue weighted by Gasteiger charge is -2.36. The van der Waals surface area contributed by atoms with Gasteiger partial charge in [-0.1, -0.05) is 18.2 Å². The van der Waals surface area contributed by atoms with Gasteiger partial charge in [0.05, 0.1) is 4.90 Å². The molecule has 0 atom stereocenters. The summed E-state index contributed by atoms with van der Waals surface area (Å²) in [7, 11) is -2.24. The van der Waals surface area contributed by atoms with E-state index in [4.69, 9.17) is 0 Å². The summed E-state index contributed by atoms with van der Waals surface area (Å²) in [4.78, 5) is 17.6. The van der Waals surface area contributed by atoms with Crippen LogP contribution in [0, 0.1) is 13.8 Å². The van der Waals surface area contributed by atoms with E-state index in [0.717, 1.165) is 51.1 Å². The maximum Gasteiger partial charge on any atom is 0.251 e. The highest BCUT2D eigenvalue weighted by atomic mass is 32.2. The molecule has 7 nitrogen and oxygen atoms in total. The summed E-state index contributed by atoms with van der Waals surface area (Å²) in [6.45, 7) is 9.33. The van der Waals surface area contributed by atoms with Gasteiger partial charge in [-0.15, -0.1) is 0 Å². The third-order valence-electron chi connectivity index (χ3n) is 6.12. The molecule has 1 aliphatic rings. The van der Waals surface area contributed by atoms with Crippen molar-refractivity contribution in [1.82, 2.24) is 14.9 Å². The van der Waals surface area contributed by atoms with Gasteiger partial charge in [0, 0.05) is 44.0 Å². The number of anilines is 1. The van der Waals surface area contributed by atoms with Crippen LogP contribution in [0.5, 0.6) is 0 Å². The molecule has 0 saturated carbocycles. The number of unbranched alkanes of at least 4 members (excludes halogenated alkanes) is 1. The van der Waals surface area contributed by atoms with E-state index in [-0.39, 0.29) is 10.8 Å². The van der Waals surface area contributed by atoms with Gasteiger partial charge < -0.3 is 10.2 Å². The first-order valence-corrected chi connectivity index (χ1v) is 12.7. The Labute approximate surface area is 191 Å². The van der Waals surface area contributed by atoms with Crippen molar-refractivity contribution in [1.29, 1.82) is 0 Å². The number of para-hydroxylation sites is 1. The Balaban J connectivity index is 1.41. The predicted molar refractivity (Wildman–Crippen MR) is 129 cm³/mol. The third-order valence-corrected chi connectivity index (χ3v) is 7.66. The van der Waals surface area contributed by atoms with Gasteiger partial charge in [0.2, 0.25) is 10.0 Å². The molecule has 1 amide bonds. The fraction of sp³-hybridized carbons (Fsp3) is 0.458. The Hall–Kier alpha value is -2.42.